The van der Waals surface area contributed by atoms with Crippen molar-refractivity contribution in [2.75, 3.05) is 0 Å². The van der Waals surface area contributed by atoms with Gasteiger partial charge >= 0.3 is 6.18 Å². The average molecular weight is 350 g/mol. The van der Waals surface area contributed by atoms with Crippen molar-refractivity contribution in [1.29, 1.82) is 0 Å². The fourth-order valence-electron chi connectivity index (χ4n) is 2.17. The lowest BCUT2D eigenvalue weighted by molar-refractivity contribution is -0.137. The molecule has 0 radical (unpaired) electrons. The molecule has 0 bridgehead atoms. The van der Waals surface area contributed by atoms with E-state index in [1.54, 1.807) is 30.3 Å². The number of rotatable bonds is 4. The van der Waals surface area contributed by atoms with E-state index < -0.39 is 29.7 Å². The number of benzene rings is 2. The van der Waals surface area contributed by atoms with Crippen LogP contribution in [0, 0.1) is 5.82 Å². The summed E-state index contributed by atoms with van der Waals surface area (Å²) in [5.41, 5.74) is 5.16. The van der Waals surface area contributed by atoms with E-state index in [2.05, 4.69) is 0 Å². The molecule has 2 aromatic rings. The maximum atomic E-state index is 13.7. The van der Waals surface area contributed by atoms with Gasteiger partial charge < -0.3 is 10.8 Å². The summed E-state index contributed by atoms with van der Waals surface area (Å²) in [6, 6.07) is 9.58. The van der Waals surface area contributed by atoms with Gasteiger partial charge in [-0.05, 0) is 23.8 Å². The quantitative estimate of drug-likeness (QED) is 0.823. The van der Waals surface area contributed by atoms with E-state index in [1.807, 2.05) is 0 Å². The summed E-state index contributed by atoms with van der Waals surface area (Å²) in [5.74, 6) is -0.868. The first-order valence-corrected chi connectivity index (χ1v) is 6.63. The number of alkyl halides is 3. The van der Waals surface area contributed by atoms with Gasteiger partial charge in [0.05, 0.1) is 17.7 Å². The van der Waals surface area contributed by atoms with Crippen molar-refractivity contribution < 1.29 is 22.7 Å². The van der Waals surface area contributed by atoms with Gasteiger partial charge in [0.1, 0.15) is 5.82 Å². The summed E-state index contributed by atoms with van der Waals surface area (Å²) in [6.07, 6.45) is -5.66. The highest BCUT2D eigenvalue weighted by Crippen LogP contribution is 2.32. The monoisotopic (exact) mass is 349 g/mol. The maximum Gasteiger partial charge on any atom is 0.416 e. The number of hydrogen-bond acceptors (Lipinski definition) is 2. The van der Waals surface area contributed by atoms with Crippen LogP contribution in [0.3, 0.4) is 0 Å². The highest BCUT2D eigenvalue weighted by atomic mass is 35.5. The first-order valence-electron chi connectivity index (χ1n) is 6.63. The van der Waals surface area contributed by atoms with E-state index in [0.717, 1.165) is 5.56 Å². The van der Waals surface area contributed by atoms with Crippen molar-refractivity contribution in [1.82, 2.24) is 0 Å². The fourth-order valence-corrected chi connectivity index (χ4v) is 2.17. The van der Waals surface area contributed by atoms with E-state index in [-0.39, 0.29) is 24.4 Å². The SMILES string of the molecule is Cl.N[C@H](c1cc(C(F)(F)F)ccc1F)[C@@H](O)Cc1ccccc1. The van der Waals surface area contributed by atoms with Crippen molar-refractivity contribution in [3.63, 3.8) is 0 Å². The second kappa shape index (κ2) is 7.77. The Morgan fingerprint density at radius 3 is 2.22 bits per heavy atom. The van der Waals surface area contributed by atoms with E-state index in [4.69, 9.17) is 5.73 Å². The first kappa shape index (κ1) is 19.4. The Hall–Kier alpha value is -1.63. The molecule has 0 aliphatic heterocycles. The molecular formula is C16H16ClF4NO. The molecule has 0 heterocycles. The van der Waals surface area contributed by atoms with Crippen LogP contribution in [0.25, 0.3) is 0 Å². The standard InChI is InChI=1S/C16H15F4NO.ClH/c17-13-7-6-11(16(18,19)20)9-12(13)15(21)14(22)8-10-4-2-1-3-5-10;/h1-7,9,14-15,22H,8,21H2;1H/t14-,15+;/m0./s1. The molecule has 0 saturated heterocycles. The second-order valence-corrected chi connectivity index (χ2v) is 5.02. The highest BCUT2D eigenvalue weighted by molar-refractivity contribution is 5.85. The number of nitrogens with two attached hydrogens (primary N) is 1. The predicted octanol–water partition coefficient (Wildman–Crippen LogP) is 3.87. The zero-order valence-electron chi connectivity index (χ0n) is 11.9. The number of hydrogen-bond donors (Lipinski definition) is 2. The summed E-state index contributed by atoms with van der Waals surface area (Å²) in [4.78, 5) is 0. The maximum absolute atomic E-state index is 13.7. The normalized spacial score (nSPS) is 14.0. The Morgan fingerprint density at radius 2 is 1.65 bits per heavy atom. The van der Waals surface area contributed by atoms with Crippen LogP contribution >= 0.6 is 12.4 Å². The van der Waals surface area contributed by atoms with Crippen LogP contribution in [0.2, 0.25) is 0 Å². The minimum absolute atomic E-state index is 0. The van der Waals surface area contributed by atoms with Gasteiger partial charge in [0.15, 0.2) is 0 Å². The molecule has 7 heteroatoms. The van der Waals surface area contributed by atoms with Crippen LogP contribution in [-0.4, -0.2) is 11.2 Å². The van der Waals surface area contributed by atoms with Gasteiger partial charge in [-0.25, -0.2) is 4.39 Å². The van der Waals surface area contributed by atoms with Crippen LogP contribution in [0.1, 0.15) is 22.7 Å². The average Bonchev–Trinajstić information content (AvgIpc) is 2.46. The van der Waals surface area contributed by atoms with Gasteiger partial charge in [-0.1, -0.05) is 30.3 Å². The largest absolute Gasteiger partial charge is 0.416 e. The molecule has 2 atom stereocenters. The van der Waals surface area contributed by atoms with Crippen molar-refractivity contribution in [3.8, 4) is 0 Å². The molecule has 2 rings (SSSR count). The predicted molar refractivity (Wildman–Crippen MR) is 81.7 cm³/mol. The molecule has 0 aromatic heterocycles. The van der Waals surface area contributed by atoms with Crippen molar-refractivity contribution >= 4 is 12.4 Å². The summed E-state index contributed by atoms with van der Waals surface area (Å²) >= 11 is 0. The first-order chi connectivity index (χ1) is 10.3. The van der Waals surface area contributed by atoms with Gasteiger partial charge in [-0.3, -0.25) is 0 Å². The molecule has 0 fully saturated rings. The summed E-state index contributed by atoms with van der Waals surface area (Å²) in [6.45, 7) is 0. The molecule has 2 nitrogen and oxygen atoms in total. The Morgan fingerprint density at radius 1 is 1.04 bits per heavy atom. The molecular weight excluding hydrogens is 334 g/mol. The lowest BCUT2D eigenvalue weighted by Gasteiger charge is -2.21. The molecule has 0 unspecified atom stereocenters. The lowest BCUT2D eigenvalue weighted by atomic mass is 9.95. The van der Waals surface area contributed by atoms with Gasteiger partial charge in [-0.15, -0.1) is 12.4 Å². The van der Waals surface area contributed by atoms with Crippen LogP contribution in [-0.2, 0) is 12.6 Å². The van der Waals surface area contributed by atoms with Crippen molar-refractivity contribution in [2.45, 2.75) is 24.7 Å². The number of aliphatic hydroxyl groups is 1. The third-order valence-electron chi connectivity index (χ3n) is 3.38. The van der Waals surface area contributed by atoms with E-state index in [1.165, 1.54) is 0 Å². The third-order valence-corrected chi connectivity index (χ3v) is 3.38. The second-order valence-electron chi connectivity index (χ2n) is 5.02. The molecule has 3 N–H and O–H groups in total. The third kappa shape index (κ3) is 4.92. The topological polar surface area (TPSA) is 46.2 Å². The van der Waals surface area contributed by atoms with Gasteiger partial charge in [-0.2, -0.15) is 13.2 Å². The van der Waals surface area contributed by atoms with Gasteiger partial charge in [0.25, 0.3) is 0 Å². The summed E-state index contributed by atoms with van der Waals surface area (Å²) in [7, 11) is 0. The van der Waals surface area contributed by atoms with Crippen LogP contribution in [0.5, 0.6) is 0 Å². The molecule has 0 aliphatic carbocycles. The fraction of sp³-hybridized carbons (Fsp3) is 0.250. The van der Waals surface area contributed by atoms with Crippen LogP contribution < -0.4 is 5.73 Å². The highest BCUT2D eigenvalue weighted by Gasteiger charge is 2.32. The molecule has 2 aromatic carbocycles. The Balaban J connectivity index is 0.00000264. The molecule has 0 spiro atoms. The zero-order chi connectivity index (χ0) is 16.3. The zero-order valence-corrected chi connectivity index (χ0v) is 12.7. The Kier molecular flexibility index (Phi) is 6.56. The number of aliphatic hydroxyl groups excluding tert-OH is 1. The van der Waals surface area contributed by atoms with Crippen molar-refractivity contribution in [3.05, 3.63) is 71.0 Å². The minimum Gasteiger partial charge on any atom is -0.391 e. The molecule has 23 heavy (non-hydrogen) atoms. The lowest BCUT2D eigenvalue weighted by Crippen LogP contribution is -2.29. The van der Waals surface area contributed by atoms with E-state index in [9.17, 15) is 22.7 Å². The van der Waals surface area contributed by atoms with Crippen LogP contribution in [0.4, 0.5) is 17.6 Å². The molecule has 126 valence electrons. The van der Waals surface area contributed by atoms with E-state index in [0.29, 0.717) is 18.2 Å². The Bertz CT molecular complexity index is 634. The smallest absolute Gasteiger partial charge is 0.391 e. The molecule has 0 saturated carbocycles. The summed E-state index contributed by atoms with van der Waals surface area (Å²) in [5, 5.41) is 10.1. The summed E-state index contributed by atoms with van der Waals surface area (Å²) < 4.78 is 51.8. The molecule has 0 aliphatic rings. The Labute approximate surface area is 137 Å². The van der Waals surface area contributed by atoms with Gasteiger partial charge in [0.2, 0.25) is 0 Å². The molecule has 0 amide bonds. The number of halogens is 5. The van der Waals surface area contributed by atoms with E-state index >= 15 is 0 Å². The van der Waals surface area contributed by atoms with Crippen LogP contribution in [0.15, 0.2) is 48.5 Å². The van der Waals surface area contributed by atoms with Crippen molar-refractivity contribution in [2.24, 2.45) is 5.73 Å². The minimum atomic E-state index is -4.59. The van der Waals surface area contributed by atoms with Gasteiger partial charge in [0, 0.05) is 12.0 Å².